The highest BCUT2D eigenvalue weighted by molar-refractivity contribution is 7.89. The largest absolute Gasteiger partial charge is 0.355 e. The van der Waals surface area contributed by atoms with E-state index in [0.29, 0.717) is 26.1 Å². The Hall–Kier alpha value is -2.42. The van der Waals surface area contributed by atoms with E-state index in [1.807, 2.05) is 36.4 Å². The number of sulfonamides is 1. The molecule has 1 aliphatic heterocycles. The molecule has 1 saturated heterocycles. The summed E-state index contributed by atoms with van der Waals surface area (Å²) in [5.74, 6) is -0.477. The highest BCUT2D eigenvalue weighted by Crippen LogP contribution is 2.29. The molecule has 184 valence electrons. The van der Waals surface area contributed by atoms with Gasteiger partial charge in [-0.05, 0) is 29.7 Å². The average Bonchev–Trinajstić information content (AvgIpc) is 2.87. The normalized spacial score (nSPS) is 18.4. The number of piperidine rings is 1. The summed E-state index contributed by atoms with van der Waals surface area (Å²) in [6, 6.07) is 24.1. The molecule has 1 amide bonds. The molecule has 0 spiro atoms. The van der Waals surface area contributed by atoms with Gasteiger partial charge in [-0.3, -0.25) is 4.79 Å². The van der Waals surface area contributed by atoms with Crippen LogP contribution in [0.2, 0.25) is 10.0 Å². The Balaban J connectivity index is 1.41. The molecule has 6 nitrogen and oxygen atoms in total. The Kier molecular flexibility index (Phi) is 8.46. The van der Waals surface area contributed by atoms with Crippen LogP contribution >= 0.6 is 23.2 Å². The summed E-state index contributed by atoms with van der Waals surface area (Å²) in [6.07, 6.45) is 0.373. The smallest absolute Gasteiger partial charge is 0.242 e. The summed E-state index contributed by atoms with van der Waals surface area (Å²) in [5, 5.41) is 6.40. The lowest BCUT2D eigenvalue weighted by molar-refractivity contribution is -0.125. The number of halogens is 2. The Labute approximate surface area is 216 Å². The van der Waals surface area contributed by atoms with Crippen LogP contribution in [0, 0.1) is 5.92 Å². The Morgan fingerprint density at radius 1 is 0.914 bits per heavy atom. The van der Waals surface area contributed by atoms with Crippen molar-refractivity contribution < 1.29 is 13.2 Å². The van der Waals surface area contributed by atoms with Crippen molar-refractivity contribution in [2.75, 3.05) is 19.6 Å². The molecular formula is C26H27Cl2N3O3S. The van der Waals surface area contributed by atoms with Crippen molar-refractivity contribution in [2.45, 2.75) is 23.3 Å². The summed E-state index contributed by atoms with van der Waals surface area (Å²) in [6.45, 7) is 1.33. The van der Waals surface area contributed by atoms with E-state index in [2.05, 4.69) is 39.6 Å². The van der Waals surface area contributed by atoms with Crippen molar-refractivity contribution >= 4 is 39.1 Å². The van der Waals surface area contributed by atoms with Crippen molar-refractivity contribution in [3.8, 4) is 0 Å². The standard InChI is InChI=1S/C26H27Cl2N3O3S/c27-23-12-7-13-24(25(23)28)35(33,34)31-21-14-20(15-29-16-21)26(32)30-17-22(18-8-3-1-4-9-18)19-10-5-2-6-11-19/h1-13,20-22,29,31H,14-17H2,(H,30,32)/t20-,21+/m0/s1. The van der Waals surface area contributed by atoms with Gasteiger partial charge in [0.25, 0.3) is 0 Å². The quantitative estimate of drug-likeness (QED) is 0.406. The van der Waals surface area contributed by atoms with Crippen LogP contribution in [0.4, 0.5) is 0 Å². The molecule has 9 heteroatoms. The van der Waals surface area contributed by atoms with Gasteiger partial charge in [-0.1, -0.05) is 89.9 Å². The second-order valence-corrected chi connectivity index (χ2v) is 11.0. The molecule has 35 heavy (non-hydrogen) atoms. The van der Waals surface area contributed by atoms with E-state index >= 15 is 0 Å². The van der Waals surface area contributed by atoms with Gasteiger partial charge in [0, 0.05) is 31.6 Å². The molecular weight excluding hydrogens is 505 g/mol. The van der Waals surface area contributed by atoms with Gasteiger partial charge in [0.05, 0.1) is 16.0 Å². The van der Waals surface area contributed by atoms with Gasteiger partial charge in [-0.15, -0.1) is 0 Å². The fourth-order valence-electron chi connectivity index (χ4n) is 4.35. The third-order valence-electron chi connectivity index (χ3n) is 6.13. The van der Waals surface area contributed by atoms with Gasteiger partial charge in [-0.2, -0.15) is 0 Å². The van der Waals surface area contributed by atoms with E-state index in [0.717, 1.165) is 11.1 Å². The zero-order chi connectivity index (χ0) is 24.8. The molecule has 0 aliphatic carbocycles. The van der Waals surface area contributed by atoms with Crippen molar-refractivity contribution in [3.05, 3.63) is 100 Å². The fourth-order valence-corrected chi connectivity index (χ4v) is 6.36. The third-order valence-corrected chi connectivity index (χ3v) is 8.63. The number of amides is 1. The van der Waals surface area contributed by atoms with E-state index in [-0.39, 0.29) is 32.7 Å². The predicted octanol–water partition coefficient (Wildman–Crippen LogP) is 4.20. The van der Waals surface area contributed by atoms with E-state index < -0.39 is 16.1 Å². The molecule has 0 unspecified atom stereocenters. The molecule has 3 aromatic carbocycles. The Bertz CT molecular complexity index is 1220. The molecule has 3 N–H and O–H groups in total. The van der Waals surface area contributed by atoms with Crippen LogP contribution < -0.4 is 15.4 Å². The van der Waals surface area contributed by atoms with Crippen molar-refractivity contribution in [3.63, 3.8) is 0 Å². The molecule has 0 aromatic heterocycles. The minimum absolute atomic E-state index is 0.0113. The Morgan fingerprint density at radius 3 is 2.17 bits per heavy atom. The number of hydrogen-bond acceptors (Lipinski definition) is 4. The summed E-state index contributed by atoms with van der Waals surface area (Å²) >= 11 is 12.1. The number of carbonyl (C=O) groups is 1. The summed E-state index contributed by atoms with van der Waals surface area (Å²) in [7, 11) is -3.90. The fraction of sp³-hybridized carbons (Fsp3) is 0.269. The van der Waals surface area contributed by atoms with Gasteiger partial charge >= 0.3 is 0 Å². The Morgan fingerprint density at radius 2 is 1.54 bits per heavy atom. The number of benzene rings is 3. The van der Waals surface area contributed by atoms with Gasteiger partial charge in [0.1, 0.15) is 4.90 Å². The van der Waals surface area contributed by atoms with Gasteiger partial charge < -0.3 is 10.6 Å². The molecule has 3 aromatic rings. The maximum atomic E-state index is 13.1. The maximum Gasteiger partial charge on any atom is 0.242 e. The molecule has 1 heterocycles. The minimum Gasteiger partial charge on any atom is -0.355 e. The monoisotopic (exact) mass is 531 g/mol. The second kappa shape index (κ2) is 11.5. The SMILES string of the molecule is O=C(NCC(c1ccccc1)c1ccccc1)[C@@H]1CNC[C@H](NS(=O)(=O)c2cccc(Cl)c2Cl)C1. The predicted molar refractivity (Wildman–Crippen MR) is 139 cm³/mol. The van der Waals surface area contributed by atoms with Crippen molar-refractivity contribution in [1.82, 2.24) is 15.4 Å². The summed E-state index contributed by atoms with van der Waals surface area (Å²) in [4.78, 5) is 13.0. The maximum absolute atomic E-state index is 13.1. The molecule has 1 fully saturated rings. The highest BCUT2D eigenvalue weighted by atomic mass is 35.5. The van der Waals surface area contributed by atoms with E-state index in [1.54, 1.807) is 0 Å². The number of carbonyl (C=O) groups excluding carboxylic acids is 1. The van der Waals surface area contributed by atoms with E-state index in [1.165, 1.54) is 18.2 Å². The zero-order valence-electron chi connectivity index (χ0n) is 19.0. The number of rotatable bonds is 8. The zero-order valence-corrected chi connectivity index (χ0v) is 21.3. The molecule has 0 radical (unpaired) electrons. The first-order chi connectivity index (χ1) is 16.8. The lowest BCUT2D eigenvalue weighted by atomic mass is 9.90. The van der Waals surface area contributed by atoms with Crippen LogP contribution in [0.3, 0.4) is 0 Å². The first-order valence-electron chi connectivity index (χ1n) is 11.4. The van der Waals surface area contributed by atoms with Crippen molar-refractivity contribution in [1.29, 1.82) is 0 Å². The van der Waals surface area contributed by atoms with Crippen LogP contribution in [0.5, 0.6) is 0 Å². The van der Waals surface area contributed by atoms with E-state index in [9.17, 15) is 13.2 Å². The lowest BCUT2D eigenvalue weighted by Gasteiger charge is -2.30. The summed E-state index contributed by atoms with van der Waals surface area (Å²) in [5.41, 5.74) is 2.23. The van der Waals surface area contributed by atoms with Gasteiger partial charge in [-0.25, -0.2) is 13.1 Å². The topological polar surface area (TPSA) is 87.3 Å². The van der Waals surface area contributed by atoms with Crippen LogP contribution in [0.1, 0.15) is 23.5 Å². The van der Waals surface area contributed by atoms with Crippen LogP contribution in [0.25, 0.3) is 0 Å². The van der Waals surface area contributed by atoms with Gasteiger partial charge in [0.2, 0.25) is 15.9 Å². The van der Waals surface area contributed by atoms with Crippen molar-refractivity contribution in [2.24, 2.45) is 5.92 Å². The van der Waals surface area contributed by atoms with Crippen LogP contribution in [-0.2, 0) is 14.8 Å². The number of hydrogen-bond donors (Lipinski definition) is 3. The van der Waals surface area contributed by atoms with Crippen LogP contribution in [-0.4, -0.2) is 40.0 Å². The molecule has 4 rings (SSSR count). The van der Waals surface area contributed by atoms with Gasteiger partial charge in [0.15, 0.2) is 0 Å². The second-order valence-electron chi connectivity index (χ2n) is 8.58. The molecule has 0 bridgehead atoms. The molecule has 1 aliphatic rings. The number of nitrogens with one attached hydrogen (secondary N) is 3. The highest BCUT2D eigenvalue weighted by Gasteiger charge is 2.31. The van der Waals surface area contributed by atoms with E-state index in [4.69, 9.17) is 23.2 Å². The minimum atomic E-state index is -3.90. The molecule has 2 atom stereocenters. The first kappa shape index (κ1) is 25.7. The molecule has 0 saturated carbocycles. The average molecular weight is 532 g/mol. The first-order valence-corrected chi connectivity index (χ1v) is 13.6. The lowest BCUT2D eigenvalue weighted by Crippen LogP contribution is -2.52. The summed E-state index contributed by atoms with van der Waals surface area (Å²) < 4.78 is 28.5. The third kappa shape index (κ3) is 6.42. The van der Waals surface area contributed by atoms with Crippen LogP contribution in [0.15, 0.2) is 83.8 Å².